The number of unbranched alkanes of at least 4 members (excludes halogenated alkanes) is 2. The van der Waals surface area contributed by atoms with Crippen LogP contribution in [-0.2, 0) is 76.7 Å². The van der Waals surface area contributed by atoms with Gasteiger partial charge in [0.05, 0.1) is 128 Å². The molecule has 1 aliphatic carbocycles. The van der Waals surface area contributed by atoms with Crippen LogP contribution in [0.1, 0.15) is 103 Å². The van der Waals surface area contributed by atoms with Crippen molar-refractivity contribution in [2.45, 2.75) is 140 Å². The summed E-state index contributed by atoms with van der Waals surface area (Å²) in [5.74, 6) is -4.02. The van der Waals surface area contributed by atoms with Crippen molar-refractivity contribution in [2.24, 2.45) is 17.1 Å². The minimum Gasteiger partial charge on any atom is -0.493 e. The highest BCUT2D eigenvalue weighted by atomic mass is 16.7. The van der Waals surface area contributed by atoms with Gasteiger partial charge in [0.1, 0.15) is 37.0 Å². The van der Waals surface area contributed by atoms with Crippen LogP contribution in [0.25, 0.3) is 0 Å². The predicted molar refractivity (Wildman–Crippen MR) is 377 cm³/mol. The zero-order valence-corrected chi connectivity index (χ0v) is 59.8. The monoisotopic (exact) mass is 1470 g/mol. The third-order valence-corrected chi connectivity index (χ3v) is 19.3. The van der Waals surface area contributed by atoms with Gasteiger partial charge in [-0.05, 0) is 91.7 Å². The largest absolute Gasteiger partial charge is 0.493 e. The van der Waals surface area contributed by atoms with E-state index in [4.69, 9.17) is 57.8 Å². The Hall–Kier alpha value is -8.96. The molecule has 105 heavy (non-hydrogen) atoms. The summed E-state index contributed by atoms with van der Waals surface area (Å²) in [4.78, 5) is 115. The van der Waals surface area contributed by atoms with Crippen LogP contribution in [0.4, 0.5) is 27.5 Å². The van der Waals surface area contributed by atoms with Crippen LogP contribution in [0, 0.1) is 11.3 Å². The van der Waals surface area contributed by atoms with Crippen LogP contribution in [0.3, 0.4) is 0 Å². The van der Waals surface area contributed by atoms with Gasteiger partial charge in [-0.1, -0.05) is 44.2 Å². The summed E-state index contributed by atoms with van der Waals surface area (Å²) in [5, 5.41) is 55.3. The molecular formula is C73H97N9O23. The summed E-state index contributed by atoms with van der Waals surface area (Å²) in [6.07, 6.45) is -5.98. The molecule has 0 bridgehead atoms. The molecule has 32 nitrogen and oxygen atoms in total. The first-order valence-electron chi connectivity index (χ1n) is 35.5. The van der Waals surface area contributed by atoms with Gasteiger partial charge in [0, 0.05) is 68.7 Å². The highest BCUT2D eigenvalue weighted by Crippen LogP contribution is 2.56. The van der Waals surface area contributed by atoms with Gasteiger partial charge in [-0.2, -0.15) is 0 Å². The van der Waals surface area contributed by atoms with Crippen LogP contribution in [-0.4, -0.2) is 246 Å². The molecule has 11 N–H and O–H groups in total. The van der Waals surface area contributed by atoms with Gasteiger partial charge in [0.25, 0.3) is 11.8 Å². The maximum atomic E-state index is 14.9. The molecule has 1 saturated carbocycles. The number of nitrogens with zero attached hydrogens (tertiary/aromatic N) is 3. The van der Waals surface area contributed by atoms with E-state index in [1.165, 1.54) is 42.7 Å². The zero-order valence-electron chi connectivity index (χ0n) is 59.8. The number of aliphatic hydroxyl groups excluding tert-OH is 3. The van der Waals surface area contributed by atoms with E-state index in [1.807, 2.05) is 28.0 Å². The van der Waals surface area contributed by atoms with E-state index in [0.29, 0.717) is 114 Å². The lowest BCUT2D eigenvalue weighted by Crippen LogP contribution is -2.61. The number of methoxy groups -OCH3 is 2. The lowest BCUT2D eigenvalue weighted by Gasteiger charge is -2.38. The van der Waals surface area contributed by atoms with Crippen LogP contribution in [0.5, 0.6) is 23.0 Å². The summed E-state index contributed by atoms with van der Waals surface area (Å²) in [6, 6.07) is 15.9. The topological polar surface area (TPSA) is 415 Å². The Bertz CT molecular complexity index is 3730. The van der Waals surface area contributed by atoms with Crippen molar-refractivity contribution in [3.8, 4) is 23.0 Å². The van der Waals surface area contributed by atoms with Crippen molar-refractivity contribution in [1.82, 2.24) is 20.4 Å². The Balaban J connectivity index is 0.822. The number of ether oxygens (including phenoxy) is 11. The molecule has 9 atom stereocenters. The van der Waals surface area contributed by atoms with E-state index >= 15 is 0 Å². The summed E-state index contributed by atoms with van der Waals surface area (Å²) in [6.45, 7) is 7.95. The number of carbonyl (C=O) groups excluding carboxylic acids is 7. The summed E-state index contributed by atoms with van der Waals surface area (Å²) >= 11 is 0. The second-order valence-corrected chi connectivity index (χ2v) is 27.2. The number of carbonyl (C=O) groups is 8. The maximum absolute atomic E-state index is 14.9. The first-order chi connectivity index (χ1) is 50.6. The van der Waals surface area contributed by atoms with E-state index in [9.17, 15) is 58.8 Å². The van der Waals surface area contributed by atoms with E-state index in [1.54, 1.807) is 39.2 Å². The number of carboxylic acids is 1. The molecule has 0 aromatic heterocycles. The Labute approximate surface area is 608 Å². The van der Waals surface area contributed by atoms with Gasteiger partial charge in [0.15, 0.2) is 35.4 Å². The van der Waals surface area contributed by atoms with Crippen molar-refractivity contribution in [2.75, 3.05) is 134 Å². The van der Waals surface area contributed by atoms with Crippen LogP contribution >= 0.6 is 0 Å². The first kappa shape index (κ1) is 78.6. The molecular weight excluding hydrogens is 1370 g/mol. The Morgan fingerprint density at radius 2 is 1.35 bits per heavy atom. The van der Waals surface area contributed by atoms with Crippen molar-refractivity contribution < 1.29 is 111 Å². The molecule has 32 heteroatoms. The predicted octanol–water partition coefficient (Wildman–Crippen LogP) is 3.32. The smallest absolute Gasteiger partial charge is 0.414 e. The molecule has 0 radical (unpaired) electrons. The number of nitrogens with one attached hydrogen (secondary N) is 5. The van der Waals surface area contributed by atoms with Gasteiger partial charge in [-0.15, -0.1) is 0 Å². The molecule has 3 fully saturated rings. The average molecular weight is 1470 g/mol. The standard InChI is InChI=1S/C73H97N9O23/c1-42(2)61(76-43(3)83)67(89)79-54(40-103-71-64(87)62(85)63(86)65(105-71)70(92)93)66(88)77-47-14-13-46(52(30-47)78-60(84)15-21-97-23-25-99-27-28-100-26-24-98-22-18-74)39-104-72(94)81-38-49-35-73(16-17-73)41-82(49)69(91)51-32-57(96-5)59(34-55(51)81)102-20-10-6-9-19-101-58-33-53-50(31-56(58)95-4)68(90)80-37-45-12-8-7-11-44(45)29-48(80)36-75-53/h7-8,11-14,30-34,42,48-49,54,61-65,71,75,85-87H,6,9-10,15-29,35-41,74H2,1-5H3,(H,76,83)(H,77,88)(H,78,84)(H,79,89)(H,92,93)/t48-,49-,54-,61-,62-,63-,64+,65-,71+/m0/s1. The Morgan fingerprint density at radius 1 is 0.705 bits per heavy atom. The van der Waals surface area contributed by atoms with Gasteiger partial charge in [-0.25, -0.2) is 9.59 Å². The average Bonchev–Trinajstić information content (AvgIpc) is 1.59. The molecule has 5 aliphatic heterocycles. The molecule has 4 aromatic carbocycles. The first-order valence-corrected chi connectivity index (χ1v) is 35.5. The molecule has 5 heterocycles. The highest BCUT2D eigenvalue weighted by Gasteiger charge is 2.55. The quantitative estimate of drug-likeness (QED) is 0.0289. The second kappa shape index (κ2) is 36.8. The zero-order chi connectivity index (χ0) is 74.9. The number of carboxylic acid groups (broad SMARTS) is 1. The number of benzene rings is 4. The molecule has 572 valence electrons. The molecule has 6 aliphatic rings. The minimum absolute atomic E-state index is 0.0115. The number of aliphatic hydroxyl groups is 3. The Morgan fingerprint density at radius 3 is 2.00 bits per heavy atom. The molecule has 0 unspecified atom stereocenters. The number of amides is 7. The van der Waals surface area contributed by atoms with Crippen molar-refractivity contribution in [3.63, 3.8) is 0 Å². The number of aliphatic carboxylic acids is 1. The van der Waals surface area contributed by atoms with Gasteiger partial charge in [-0.3, -0.25) is 33.7 Å². The normalized spacial score (nSPS) is 21.0. The van der Waals surface area contributed by atoms with Gasteiger partial charge < -0.3 is 115 Å². The molecule has 10 rings (SSSR count). The number of fused-ring (bicyclic) bond motifs is 5. The fourth-order valence-corrected chi connectivity index (χ4v) is 13.4. The summed E-state index contributed by atoms with van der Waals surface area (Å²) in [5.41, 5.74) is 9.66. The SMILES string of the molecule is COc1cc2c(cc1OCCCCCOc1cc3c(cc1OC)C(=O)N1CC4(CC4)C[C@H]1CN3C(=O)OCc1ccc(NC(=O)[C@H](CO[C@@H]3O[C@H](C(=O)O)[C@@H](O)[C@H](O)[C@H]3O)NC(=O)[C@@H](NC(C)=O)C(C)C)cc1NC(=O)CCOCCOCCOCCOCCN)NC[C@@H]1Cc3ccccc3CN1C2=O. The molecule has 1 spiro atoms. The van der Waals surface area contributed by atoms with Crippen LogP contribution < -0.4 is 56.2 Å². The summed E-state index contributed by atoms with van der Waals surface area (Å²) in [7, 11) is 3.00. The lowest BCUT2D eigenvalue weighted by atomic mass is 9.94. The number of hydrogen-bond donors (Lipinski definition) is 10. The van der Waals surface area contributed by atoms with Crippen LogP contribution in [0.2, 0.25) is 0 Å². The van der Waals surface area contributed by atoms with E-state index in [-0.39, 0.29) is 108 Å². The van der Waals surface area contributed by atoms with Gasteiger partial charge >= 0.3 is 12.1 Å². The van der Waals surface area contributed by atoms with E-state index in [2.05, 4.69) is 38.7 Å². The second-order valence-electron chi connectivity index (χ2n) is 27.2. The van der Waals surface area contributed by atoms with Crippen molar-refractivity contribution >= 4 is 70.3 Å². The number of anilines is 4. The maximum Gasteiger partial charge on any atom is 0.414 e. The molecule has 2 saturated heterocycles. The Kier molecular flexibility index (Phi) is 27.6. The number of nitrogens with two attached hydrogens (primary N) is 1. The molecule has 7 amide bonds. The van der Waals surface area contributed by atoms with Crippen LogP contribution in [0.15, 0.2) is 66.7 Å². The summed E-state index contributed by atoms with van der Waals surface area (Å²) < 4.78 is 63.3. The van der Waals surface area contributed by atoms with E-state index < -0.39 is 97.6 Å². The lowest BCUT2D eigenvalue weighted by molar-refractivity contribution is -0.294. The number of rotatable bonds is 37. The van der Waals surface area contributed by atoms with Gasteiger partial charge in [0.2, 0.25) is 23.6 Å². The number of hydrogen-bond acceptors (Lipinski definition) is 24. The fourth-order valence-electron chi connectivity index (χ4n) is 13.4. The highest BCUT2D eigenvalue weighted by molar-refractivity contribution is 6.06. The minimum atomic E-state index is -2.06. The van der Waals surface area contributed by atoms with E-state index in [0.717, 1.165) is 24.8 Å². The van der Waals surface area contributed by atoms with Crippen molar-refractivity contribution in [3.05, 3.63) is 94.5 Å². The molecule has 4 aromatic rings. The third kappa shape index (κ3) is 20.2. The fraction of sp³-hybridized carbons (Fsp3) is 0.562. The third-order valence-electron chi connectivity index (χ3n) is 19.3. The van der Waals surface area contributed by atoms with Crippen molar-refractivity contribution in [1.29, 1.82) is 0 Å².